The van der Waals surface area contributed by atoms with E-state index in [0.29, 0.717) is 5.92 Å². The van der Waals surface area contributed by atoms with Crippen molar-refractivity contribution in [1.82, 2.24) is 0 Å². The number of thioether (sulfide) groups is 1. The SMILES string of the molecule is CCCCC(/C=C(/Cl)SCC)CC. The van der Waals surface area contributed by atoms with Crippen LogP contribution in [0.1, 0.15) is 46.5 Å². The Labute approximate surface area is 92.1 Å². The van der Waals surface area contributed by atoms with Gasteiger partial charge in [-0.3, -0.25) is 0 Å². The van der Waals surface area contributed by atoms with Crippen LogP contribution in [0.2, 0.25) is 0 Å². The Morgan fingerprint density at radius 2 is 2.08 bits per heavy atom. The molecule has 0 aliphatic carbocycles. The standard InChI is InChI=1S/C11H21ClS/c1-4-7-8-10(5-2)9-11(12)13-6-3/h9-10H,4-8H2,1-3H3/b11-9-. The minimum atomic E-state index is 0.687. The summed E-state index contributed by atoms with van der Waals surface area (Å²) in [5.41, 5.74) is 0. The fourth-order valence-electron chi connectivity index (χ4n) is 1.24. The third kappa shape index (κ3) is 7.45. The first-order chi connectivity index (χ1) is 6.24. The first-order valence-electron chi connectivity index (χ1n) is 5.24. The van der Waals surface area contributed by atoms with E-state index in [9.17, 15) is 0 Å². The predicted molar refractivity (Wildman–Crippen MR) is 65.4 cm³/mol. The highest BCUT2D eigenvalue weighted by atomic mass is 35.5. The van der Waals surface area contributed by atoms with Gasteiger partial charge in [-0.25, -0.2) is 0 Å². The highest BCUT2D eigenvalue weighted by Gasteiger charge is 2.03. The smallest absolute Gasteiger partial charge is 0.0697 e. The molecule has 0 amide bonds. The second-order valence-electron chi connectivity index (χ2n) is 3.21. The van der Waals surface area contributed by atoms with Crippen LogP contribution < -0.4 is 0 Å². The summed E-state index contributed by atoms with van der Waals surface area (Å²) in [6, 6.07) is 0. The van der Waals surface area contributed by atoms with Crippen LogP contribution in [-0.4, -0.2) is 5.75 Å². The maximum absolute atomic E-state index is 6.06. The molecule has 0 heterocycles. The molecule has 1 atom stereocenters. The maximum Gasteiger partial charge on any atom is 0.0697 e. The van der Waals surface area contributed by atoms with Gasteiger partial charge in [-0.15, -0.1) is 11.8 Å². The van der Waals surface area contributed by atoms with Crippen LogP contribution in [0.25, 0.3) is 0 Å². The third-order valence-corrected chi connectivity index (χ3v) is 3.26. The molecule has 0 rings (SSSR count). The lowest BCUT2D eigenvalue weighted by Gasteiger charge is -2.09. The largest absolute Gasteiger partial charge is 0.115 e. The summed E-state index contributed by atoms with van der Waals surface area (Å²) in [7, 11) is 0. The topological polar surface area (TPSA) is 0 Å². The average Bonchev–Trinajstić information content (AvgIpc) is 2.12. The molecular weight excluding hydrogens is 200 g/mol. The zero-order valence-electron chi connectivity index (χ0n) is 8.98. The van der Waals surface area contributed by atoms with Gasteiger partial charge in [0.2, 0.25) is 0 Å². The molecular formula is C11H21ClS. The molecule has 0 saturated heterocycles. The number of rotatable bonds is 7. The molecule has 0 nitrogen and oxygen atoms in total. The van der Waals surface area contributed by atoms with Crippen molar-refractivity contribution in [2.75, 3.05) is 5.75 Å². The summed E-state index contributed by atoms with van der Waals surface area (Å²) in [5, 5.41) is 0. The Kier molecular flexibility index (Phi) is 9.22. The van der Waals surface area contributed by atoms with Crippen LogP contribution in [0.4, 0.5) is 0 Å². The van der Waals surface area contributed by atoms with Gasteiger partial charge in [-0.05, 0) is 24.5 Å². The molecule has 0 aromatic carbocycles. The lowest BCUT2D eigenvalue weighted by Crippen LogP contribution is -1.94. The Morgan fingerprint density at radius 3 is 2.54 bits per heavy atom. The Morgan fingerprint density at radius 1 is 1.38 bits per heavy atom. The van der Waals surface area contributed by atoms with Crippen molar-refractivity contribution in [3.63, 3.8) is 0 Å². The molecule has 0 aliphatic rings. The summed E-state index contributed by atoms with van der Waals surface area (Å²) in [5.74, 6) is 1.76. The lowest BCUT2D eigenvalue weighted by atomic mass is 10.00. The molecule has 0 aromatic rings. The molecule has 2 heteroatoms. The van der Waals surface area contributed by atoms with E-state index in [1.807, 2.05) is 0 Å². The molecule has 0 fully saturated rings. The van der Waals surface area contributed by atoms with Crippen molar-refractivity contribution >= 4 is 23.4 Å². The van der Waals surface area contributed by atoms with Crippen molar-refractivity contribution in [2.24, 2.45) is 5.92 Å². The van der Waals surface area contributed by atoms with Crippen molar-refractivity contribution < 1.29 is 0 Å². The maximum atomic E-state index is 6.06. The van der Waals surface area contributed by atoms with Crippen molar-refractivity contribution in [2.45, 2.75) is 46.5 Å². The summed E-state index contributed by atoms with van der Waals surface area (Å²) in [6.07, 6.45) is 7.32. The normalized spacial score (nSPS) is 14.6. The van der Waals surface area contributed by atoms with E-state index in [-0.39, 0.29) is 0 Å². The molecule has 0 aromatic heterocycles. The van der Waals surface area contributed by atoms with E-state index in [1.165, 1.54) is 25.7 Å². The highest BCUT2D eigenvalue weighted by Crippen LogP contribution is 2.24. The van der Waals surface area contributed by atoms with Crippen molar-refractivity contribution in [3.8, 4) is 0 Å². The van der Waals surface area contributed by atoms with Crippen molar-refractivity contribution in [3.05, 3.63) is 10.4 Å². The fraction of sp³-hybridized carbons (Fsp3) is 0.818. The molecule has 0 saturated carbocycles. The molecule has 0 bridgehead atoms. The number of unbranched alkanes of at least 4 members (excludes halogenated alkanes) is 1. The van der Waals surface area contributed by atoms with Crippen LogP contribution in [0, 0.1) is 5.92 Å². The average molecular weight is 221 g/mol. The van der Waals surface area contributed by atoms with E-state index in [0.717, 1.165) is 10.1 Å². The van der Waals surface area contributed by atoms with Crippen molar-refractivity contribution in [1.29, 1.82) is 0 Å². The predicted octanol–water partition coefficient (Wildman–Crippen LogP) is 5.04. The lowest BCUT2D eigenvalue weighted by molar-refractivity contribution is 0.540. The van der Waals surface area contributed by atoms with Gasteiger partial charge in [0.25, 0.3) is 0 Å². The van der Waals surface area contributed by atoms with Gasteiger partial charge >= 0.3 is 0 Å². The van der Waals surface area contributed by atoms with Gasteiger partial charge in [-0.2, -0.15) is 0 Å². The van der Waals surface area contributed by atoms with E-state index < -0.39 is 0 Å². The molecule has 78 valence electrons. The molecule has 1 unspecified atom stereocenters. The summed E-state index contributed by atoms with van der Waals surface area (Å²) in [6.45, 7) is 6.60. The number of halogens is 1. The van der Waals surface area contributed by atoms with Gasteiger partial charge < -0.3 is 0 Å². The van der Waals surface area contributed by atoms with E-state index in [2.05, 4.69) is 26.8 Å². The monoisotopic (exact) mass is 220 g/mol. The molecule has 0 N–H and O–H groups in total. The first kappa shape index (κ1) is 13.4. The summed E-state index contributed by atoms with van der Waals surface area (Å²) >= 11 is 7.79. The quantitative estimate of drug-likeness (QED) is 0.580. The molecule has 13 heavy (non-hydrogen) atoms. The zero-order valence-corrected chi connectivity index (χ0v) is 10.5. The second kappa shape index (κ2) is 8.96. The minimum absolute atomic E-state index is 0.687. The van der Waals surface area contributed by atoms with E-state index in [1.54, 1.807) is 11.8 Å². The van der Waals surface area contributed by atoms with E-state index >= 15 is 0 Å². The Bertz CT molecular complexity index is 143. The van der Waals surface area contributed by atoms with Crippen LogP contribution >= 0.6 is 23.4 Å². The van der Waals surface area contributed by atoms with Gasteiger partial charge in [0, 0.05) is 0 Å². The van der Waals surface area contributed by atoms with Crippen LogP contribution in [0.3, 0.4) is 0 Å². The molecule has 0 aliphatic heterocycles. The van der Waals surface area contributed by atoms with Gasteiger partial charge in [0.05, 0.1) is 4.36 Å². The number of allylic oxidation sites excluding steroid dienone is 1. The first-order valence-corrected chi connectivity index (χ1v) is 6.61. The van der Waals surface area contributed by atoms with Crippen LogP contribution in [0.15, 0.2) is 10.4 Å². The fourth-order valence-corrected chi connectivity index (χ4v) is 2.31. The molecule has 0 radical (unpaired) electrons. The minimum Gasteiger partial charge on any atom is -0.115 e. The van der Waals surface area contributed by atoms with Gasteiger partial charge in [-0.1, -0.05) is 51.3 Å². The Hall–Kier alpha value is 0.380. The second-order valence-corrected chi connectivity index (χ2v) is 5.15. The zero-order chi connectivity index (χ0) is 10.1. The van der Waals surface area contributed by atoms with E-state index in [4.69, 9.17) is 11.6 Å². The third-order valence-electron chi connectivity index (χ3n) is 2.10. The number of hydrogen-bond donors (Lipinski definition) is 0. The summed E-state index contributed by atoms with van der Waals surface area (Å²) in [4.78, 5) is 0. The molecule has 0 spiro atoms. The van der Waals surface area contributed by atoms with Crippen LogP contribution in [0.5, 0.6) is 0 Å². The number of hydrogen-bond acceptors (Lipinski definition) is 1. The highest BCUT2D eigenvalue weighted by molar-refractivity contribution is 8.04. The summed E-state index contributed by atoms with van der Waals surface area (Å²) < 4.78 is 0.977. The van der Waals surface area contributed by atoms with Gasteiger partial charge in [0.15, 0.2) is 0 Å². The van der Waals surface area contributed by atoms with Crippen LogP contribution in [-0.2, 0) is 0 Å². The van der Waals surface area contributed by atoms with Gasteiger partial charge in [0.1, 0.15) is 0 Å². The Balaban J connectivity index is 3.86.